The molecule has 5 rings (SSSR count). The fourth-order valence-corrected chi connectivity index (χ4v) is 4.09. The van der Waals surface area contributed by atoms with Crippen LogP contribution in [0.1, 0.15) is 26.9 Å². The number of carbonyl (C=O) groups is 2. The minimum Gasteiger partial charge on any atom is -0.457 e. The van der Waals surface area contributed by atoms with Gasteiger partial charge >= 0.3 is 0 Å². The summed E-state index contributed by atoms with van der Waals surface area (Å²) in [7, 11) is 1.30. The number of halogens is 1. The van der Waals surface area contributed by atoms with Crippen LogP contribution in [0.2, 0.25) is 5.02 Å². The van der Waals surface area contributed by atoms with Crippen LogP contribution in [0.5, 0.6) is 11.5 Å². The fraction of sp³-hybridized carbons (Fsp3) is 0.160. The number of methoxy groups -OCH3 is 1. The summed E-state index contributed by atoms with van der Waals surface area (Å²) in [6, 6.07) is 13.9. The zero-order valence-corrected chi connectivity index (χ0v) is 18.7. The highest BCUT2D eigenvalue weighted by Crippen LogP contribution is 2.39. The number of aromatic nitrogens is 2. The number of nitrogens with one attached hydrogen (secondary N) is 3. The Morgan fingerprint density at radius 2 is 2.00 bits per heavy atom. The van der Waals surface area contributed by atoms with Gasteiger partial charge in [-0.15, -0.1) is 0 Å². The molecule has 0 aliphatic carbocycles. The molecule has 2 aromatic heterocycles. The smallest absolute Gasteiger partial charge is 0.252 e. The van der Waals surface area contributed by atoms with Crippen LogP contribution in [0.25, 0.3) is 11.0 Å². The van der Waals surface area contributed by atoms with Crippen molar-refractivity contribution in [3.05, 3.63) is 77.1 Å². The highest BCUT2D eigenvalue weighted by atomic mass is 35.5. The summed E-state index contributed by atoms with van der Waals surface area (Å²) in [5.74, 6) is -0.142. The molecule has 1 aliphatic rings. The molecular weight excluding hydrogens is 456 g/mol. The van der Waals surface area contributed by atoms with E-state index in [1.54, 1.807) is 30.3 Å². The number of ether oxygens (including phenoxy) is 2. The molecule has 1 amide bonds. The number of carbonyl (C=O) groups excluding carboxylic acids is 2. The highest BCUT2D eigenvalue weighted by molar-refractivity contribution is 6.36. The van der Waals surface area contributed by atoms with Crippen molar-refractivity contribution in [1.82, 2.24) is 9.97 Å². The molecule has 0 saturated heterocycles. The van der Waals surface area contributed by atoms with Gasteiger partial charge in [0.15, 0.2) is 5.78 Å². The molecule has 0 fully saturated rings. The second-order valence-electron chi connectivity index (χ2n) is 7.78. The summed E-state index contributed by atoms with van der Waals surface area (Å²) in [5, 5.41) is 5.95. The summed E-state index contributed by atoms with van der Waals surface area (Å²) in [4.78, 5) is 33.7. The van der Waals surface area contributed by atoms with Gasteiger partial charge in [0.2, 0.25) is 0 Å². The SMILES string of the molecule is [2H]C([2H])([2H])[C@]1(COC)Nc2c(cnc3[nH]cc(C(=O)c4ccc(Oc5ccccc5)cc4Cl)c23)NC1=O. The maximum atomic E-state index is 13.6. The summed E-state index contributed by atoms with van der Waals surface area (Å²) in [6.45, 7) is -3.19. The van der Waals surface area contributed by atoms with Crippen molar-refractivity contribution in [2.24, 2.45) is 0 Å². The standard InChI is InChI=1S/C25H21ClN4O4/c1-25(13-33-2)24(32)29-19-12-28-23-20(21(19)30-25)17(11-27-23)22(31)16-9-8-15(10-18(16)26)34-14-6-4-3-5-7-14/h3-12,30H,13H2,1-2H3,(H,27,28)(H,29,32)/t25-/m1/s1/i1D3. The Bertz CT molecular complexity index is 1520. The molecule has 3 N–H and O–H groups in total. The topological polar surface area (TPSA) is 105 Å². The Labute approximate surface area is 204 Å². The van der Waals surface area contributed by atoms with Gasteiger partial charge in [0.25, 0.3) is 5.91 Å². The summed E-state index contributed by atoms with van der Waals surface area (Å²) < 4.78 is 35.0. The maximum Gasteiger partial charge on any atom is 0.252 e. The lowest BCUT2D eigenvalue weighted by Gasteiger charge is -2.35. The maximum absolute atomic E-state index is 13.6. The van der Waals surface area contributed by atoms with Gasteiger partial charge in [0, 0.05) is 29.0 Å². The molecule has 2 aromatic carbocycles. The molecule has 172 valence electrons. The number of aromatic amines is 1. The van der Waals surface area contributed by atoms with Crippen LogP contribution >= 0.6 is 11.6 Å². The van der Waals surface area contributed by atoms with E-state index in [1.165, 1.54) is 19.5 Å². The normalized spacial score (nSPS) is 18.8. The number of nitrogens with zero attached hydrogens (tertiary/aromatic N) is 1. The van der Waals surface area contributed by atoms with Crippen molar-refractivity contribution >= 4 is 45.7 Å². The molecule has 8 nitrogen and oxygen atoms in total. The van der Waals surface area contributed by atoms with E-state index >= 15 is 0 Å². The minimum atomic E-state index is -2.77. The molecule has 9 heteroatoms. The first-order chi connectivity index (χ1) is 17.6. The average molecular weight is 480 g/mol. The Morgan fingerprint density at radius 1 is 1.18 bits per heavy atom. The van der Waals surface area contributed by atoms with Crippen LogP contribution < -0.4 is 15.4 Å². The van der Waals surface area contributed by atoms with E-state index in [0.29, 0.717) is 22.5 Å². The average Bonchev–Trinajstić information content (AvgIpc) is 3.29. The first-order valence-corrected chi connectivity index (χ1v) is 10.7. The zero-order valence-electron chi connectivity index (χ0n) is 20.9. The number of ketones is 1. The third-order valence-electron chi connectivity index (χ3n) is 5.45. The Hall–Kier alpha value is -3.88. The lowest BCUT2D eigenvalue weighted by atomic mass is 9.96. The van der Waals surface area contributed by atoms with Gasteiger partial charge in [-0.25, -0.2) is 4.98 Å². The molecule has 3 heterocycles. The number of rotatable bonds is 6. The number of amides is 1. The molecule has 0 spiro atoms. The first kappa shape index (κ1) is 18.5. The summed E-state index contributed by atoms with van der Waals surface area (Å²) in [5.41, 5.74) is -0.877. The number of pyridine rings is 1. The second-order valence-corrected chi connectivity index (χ2v) is 8.18. The number of hydrogen-bond acceptors (Lipinski definition) is 6. The van der Waals surface area contributed by atoms with E-state index in [-0.39, 0.29) is 27.5 Å². The van der Waals surface area contributed by atoms with Crippen LogP contribution in [0.3, 0.4) is 0 Å². The molecule has 0 bridgehead atoms. The number of para-hydroxylation sites is 1. The van der Waals surface area contributed by atoms with Crippen molar-refractivity contribution in [1.29, 1.82) is 0 Å². The minimum absolute atomic E-state index is 0.169. The van der Waals surface area contributed by atoms with Crippen LogP contribution in [0.15, 0.2) is 60.9 Å². The van der Waals surface area contributed by atoms with Crippen LogP contribution in [0.4, 0.5) is 11.4 Å². The van der Waals surface area contributed by atoms with E-state index in [1.807, 2.05) is 18.2 Å². The number of benzene rings is 2. The number of fused-ring (bicyclic) bond motifs is 3. The Morgan fingerprint density at radius 3 is 2.74 bits per heavy atom. The molecule has 4 aromatic rings. The van der Waals surface area contributed by atoms with E-state index in [2.05, 4.69) is 20.6 Å². The quantitative estimate of drug-likeness (QED) is 0.336. The van der Waals surface area contributed by atoms with Gasteiger partial charge in [-0.1, -0.05) is 29.8 Å². The second kappa shape index (κ2) is 8.48. The lowest BCUT2D eigenvalue weighted by molar-refractivity contribution is -0.121. The van der Waals surface area contributed by atoms with Crippen molar-refractivity contribution in [3.63, 3.8) is 0 Å². The Kier molecular flexibility index (Phi) is 4.62. The highest BCUT2D eigenvalue weighted by Gasteiger charge is 2.39. The lowest BCUT2D eigenvalue weighted by Crippen LogP contribution is -2.53. The predicted molar refractivity (Wildman–Crippen MR) is 130 cm³/mol. The third kappa shape index (κ3) is 3.76. The molecule has 0 radical (unpaired) electrons. The van der Waals surface area contributed by atoms with Crippen molar-refractivity contribution in [2.75, 3.05) is 24.4 Å². The van der Waals surface area contributed by atoms with Gasteiger partial charge in [0.05, 0.1) is 40.2 Å². The Balaban J connectivity index is 1.56. The van der Waals surface area contributed by atoms with Crippen molar-refractivity contribution in [3.8, 4) is 11.5 Å². The zero-order chi connectivity index (χ0) is 26.4. The van der Waals surface area contributed by atoms with Crippen LogP contribution in [-0.4, -0.2) is 40.9 Å². The molecule has 0 saturated carbocycles. The fourth-order valence-electron chi connectivity index (χ4n) is 3.83. The molecule has 1 aliphatic heterocycles. The summed E-state index contributed by atoms with van der Waals surface area (Å²) >= 11 is 6.48. The monoisotopic (exact) mass is 479 g/mol. The molecule has 34 heavy (non-hydrogen) atoms. The van der Waals surface area contributed by atoms with Gasteiger partial charge in [-0.2, -0.15) is 0 Å². The molecule has 1 atom stereocenters. The summed E-state index contributed by atoms with van der Waals surface area (Å²) in [6.07, 6.45) is 2.85. The molecule has 0 unspecified atom stereocenters. The van der Waals surface area contributed by atoms with E-state index in [9.17, 15) is 9.59 Å². The number of hydrogen-bond donors (Lipinski definition) is 3. The van der Waals surface area contributed by atoms with Gasteiger partial charge in [-0.3, -0.25) is 9.59 Å². The van der Waals surface area contributed by atoms with E-state index in [0.717, 1.165) is 0 Å². The van der Waals surface area contributed by atoms with Gasteiger partial charge in [0.1, 0.15) is 22.7 Å². The van der Waals surface area contributed by atoms with Crippen LogP contribution in [0, 0.1) is 0 Å². The van der Waals surface area contributed by atoms with Gasteiger partial charge in [-0.05, 0) is 31.1 Å². The van der Waals surface area contributed by atoms with E-state index < -0.39 is 30.7 Å². The number of H-pyrrole nitrogens is 1. The van der Waals surface area contributed by atoms with E-state index in [4.69, 9.17) is 25.2 Å². The van der Waals surface area contributed by atoms with Gasteiger partial charge < -0.3 is 25.1 Å². The van der Waals surface area contributed by atoms with Crippen molar-refractivity contribution in [2.45, 2.75) is 12.4 Å². The predicted octanol–water partition coefficient (Wildman–Crippen LogP) is 5.01. The van der Waals surface area contributed by atoms with Crippen LogP contribution in [-0.2, 0) is 9.53 Å². The third-order valence-corrected chi connectivity index (χ3v) is 5.76. The number of anilines is 2. The first-order valence-electron chi connectivity index (χ1n) is 11.8. The van der Waals surface area contributed by atoms with Crippen molar-refractivity contribution < 1.29 is 23.2 Å². The molecular formula is C25H21ClN4O4. The largest absolute Gasteiger partial charge is 0.457 e.